The Kier molecular flexibility index (Phi) is 11.1. The summed E-state index contributed by atoms with van der Waals surface area (Å²) >= 11 is 0. The zero-order chi connectivity index (χ0) is 16.3. The summed E-state index contributed by atoms with van der Waals surface area (Å²) < 4.78 is 5.88. The van der Waals surface area contributed by atoms with Gasteiger partial charge in [0.25, 0.3) is 0 Å². The van der Waals surface area contributed by atoms with Gasteiger partial charge in [-0.05, 0) is 36.8 Å². The Balaban J connectivity index is 0.00000288. The summed E-state index contributed by atoms with van der Waals surface area (Å²) in [5, 5.41) is 6.75. The minimum atomic E-state index is 0. The normalized spacial score (nSPS) is 15.2. The molecule has 1 aliphatic carbocycles. The molecule has 1 aromatic carbocycles. The Labute approximate surface area is 163 Å². The van der Waals surface area contributed by atoms with Crippen LogP contribution in [0.1, 0.15) is 50.2 Å². The smallest absolute Gasteiger partial charge is 0.191 e. The van der Waals surface area contributed by atoms with Gasteiger partial charge >= 0.3 is 0 Å². The van der Waals surface area contributed by atoms with Crippen molar-refractivity contribution in [2.24, 2.45) is 4.99 Å². The summed E-state index contributed by atoms with van der Waals surface area (Å²) in [5.74, 6) is 0.858. The van der Waals surface area contributed by atoms with E-state index in [0.29, 0.717) is 6.10 Å². The summed E-state index contributed by atoms with van der Waals surface area (Å²) in [7, 11) is 1.82. The standard InChI is InChI=1S/C19H31N3O.HI/c1-3-16-9-4-5-10-17(16)15-22-19(20-2)21-13-8-14-23-18-11-6-7-12-18;/h4-5,9-10,18H,3,6-8,11-15H2,1-2H3,(H2,20,21,22);1H. The van der Waals surface area contributed by atoms with Gasteiger partial charge in [-0.3, -0.25) is 4.99 Å². The van der Waals surface area contributed by atoms with E-state index in [1.54, 1.807) is 0 Å². The van der Waals surface area contributed by atoms with Crippen molar-refractivity contribution in [3.63, 3.8) is 0 Å². The van der Waals surface area contributed by atoms with Crippen molar-refractivity contribution in [1.29, 1.82) is 0 Å². The molecular weight excluding hydrogens is 413 g/mol. The highest BCUT2D eigenvalue weighted by molar-refractivity contribution is 14.0. The van der Waals surface area contributed by atoms with E-state index in [4.69, 9.17) is 4.74 Å². The molecule has 0 bridgehead atoms. The van der Waals surface area contributed by atoms with Gasteiger partial charge < -0.3 is 15.4 Å². The second kappa shape index (κ2) is 12.5. The first-order chi connectivity index (χ1) is 11.3. The van der Waals surface area contributed by atoms with Crippen LogP contribution in [0.25, 0.3) is 0 Å². The third-order valence-corrected chi connectivity index (χ3v) is 4.44. The molecule has 0 aliphatic heterocycles. The van der Waals surface area contributed by atoms with Gasteiger partial charge in [0.05, 0.1) is 6.10 Å². The van der Waals surface area contributed by atoms with Crippen LogP contribution in [-0.4, -0.2) is 32.3 Å². The molecule has 0 spiro atoms. The topological polar surface area (TPSA) is 45.7 Å². The highest BCUT2D eigenvalue weighted by atomic mass is 127. The van der Waals surface area contributed by atoms with E-state index in [-0.39, 0.29) is 24.0 Å². The van der Waals surface area contributed by atoms with Crippen LogP contribution in [0.2, 0.25) is 0 Å². The summed E-state index contributed by atoms with van der Waals surface area (Å²) in [5.41, 5.74) is 2.72. The Bertz CT molecular complexity index is 487. The van der Waals surface area contributed by atoms with Gasteiger partial charge in [0.1, 0.15) is 0 Å². The molecule has 2 N–H and O–H groups in total. The number of nitrogens with one attached hydrogen (secondary N) is 2. The first kappa shape index (κ1) is 21.2. The largest absolute Gasteiger partial charge is 0.378 e. The number of aryl methyl sites for hydroxylation is 1. The number of rotatable bonds is 8. The highest BCUT2D eigenvalue weighted by Gasteiger charge is 2.14. The number of ether oxygens (including phenoxy) is 1. The number of guanidine groups is 1. The lowest BCUT2D eigenvalue weighted by Crippen LogP contribution is -2.37. The maximum Gasteiger partial charge on any atom is 0.191 e. The van der Waals surface area contributed by atoms with Gasteiger partial charge in [0, 0.05) is 26.7 Å². The molecule has 136 valence electrons. The predicted octanol–water partition coefficient (Wildman–Crippen LogP) is 3.88. The molecule has 0 saturated heterocycles. The molecule has 0 atom stereocenters. The molecule has 1 aromatic rings. The van der Waals surface area contributed by atoms with Crippen molar-refractivity contribution in [3.05, 3.63) is 35.4 Å². The number of aliphatic imine (C=N–C) groups is 1. The fourth-order valence-electron chi connectivity index (χ4n) is 3.06. The molecule has 1 aliphatic rings. The quantitative estimate of drug-likeness (QED) is 0.276. The van der Waals surface area contributed by atoms with Crippen molar-refractivity contribution in [2.45, 2.75) is 58.1 Å². The molecule has 0 unspecified atom stereocenters. The number of hydrogen-bond donors (Lipinski definition) is 2. The molecule has 24 heavy (non-hydrogen) atoms. The van der Waals surface area contributed by atoms with Crippen LogP contribution >= 0.6 is 24.0 Å². The second-order valence-electron chi connectivity index (χ2n) is 6.11. The van der Waals surface area contributed by atoms with Gasteiger partial charge in [-0.1, -0.05) is 44.0 Å². The molecule has 4 nitrogen and oxygen atoms in total. The van der Waals surface area contributed by atoms with E-state index in [9.17, 15) is 0 Å². The molecule has 0 aromatic heterocycles. The maximum absolute atomic E-state index is 5.88. The summed E-state index contributed by atoms with van der Waals surface area (Å²) in [6.45, 7) is 4.73. The van der Waals surface area contributed by atoms with Gasteiger partial charge in [0.15, 0.2) is 5.96 Å². The second-order valence-corrected chi connectivity index (χ2v) is 6.11. The van der Waals surface area contributed by atoms with Crippen LogP contribution in [0, 0.1) is 0 Å². The van der Waals surface area contributed by atoms with Crippen molar-refractivity contribution in [2.75, 3.05) is 20.2 Å². The number of benzene rings is 1. The van der Waals surface area contributed by atoms with Gasteiger partial charge in [-0.2, -0.15) is 0 Å². The summed E-state index contributed by atoms with van der Waals surface area (Å²) in [6.07, 6.45) is 7.74. The van der Waals surface area contributed by atoms with Crippen molar-refractivity contribution < 1.29 is 4.74 Å². The lowest BCUT2D eigenvalue weighted by molar-refractivity contribution is 0.0574. The van der Waals surface area contributed by atoms with E-state index in [0.717, 1.165) is 38.5 Å². The van der Waals surface area contributed by atoms with Crippen LogP contribution in [-0.2, 0) is 17.7 Å². The maximum atomic E-state index is 5.88. The highest BCUT2D eigenvalue weighted by Crippen LogP contribution is 2.20. The molecule has 0 radical (unpaired) electrons. The van der Waals surface area contributed by atoms with E-state index in [1.807, 2.05) is 7.05 Å². The van der Waals surface area contributed by atoms with Crippen LogP contribution in [0.5, 0.6) is 0 Å². The van der Waals surface area contributed by atoms with Crippen LogP contribution in [0.4, 0.5) is 0 Å². The molecule has 2 rings (SSSR count). The van der Waals surface area contributed by atoms with Crippen molar-refractivity contribution in [1.82, 2.24) is 10.6 Å². The lowest BCUT2D eigenvalue weighted by Gasteiger charge is -2.14. The minimum absolute atomic E-state index is 0. The monoisotopic (exact) mass is 445 g/mol. The molecule has 5 heteroatoms. The predicted molar refractivity (Wildman–Crippen MR) is 112 cm³/mol. The zero-order valence-corrected chi connectivity index (χ0v) is 17.3. The first-order valence-corrected chi connectivity index (χ1v) is 8.96. The fraction of sp³-hybridized carbons (Fsp3) is 0.632. The van der Waals surface area contributed by atoms with Crippen LogP contribution < -0.4 is 10.6 Å². The Hall–Kier alpha value is -0.820. The van der Waals surface area contributed by atoms with Crippen LogP contribution in [0.3, 0.4) is 0 Å². The summed E-state index contributed by atoms with van der Waals surface area (Å²) in [6, 6.07) is 8.55. The SMILES string of the molecule is CCc1ccccc1CNC(=NC)NCCCOC1CCCC1.I. The third kappa shape index (κ3) is 7.38. The van der Waals surface area contributed by atoms with Gasteiger partial charge in [-0.25, -0.2) is 0 Å². The number of halogens is 1. The third-order valence-electron chi connectivity index (χ3n) is 4.44. The molecule has 0 heterocycles. The Morgan fingerprint density at radius 1 is 1.17 bits per heavy atom. The van der Waals surface area contributed by atoms with E-state index >= 15 is 0 Å². The lowest BCUT2D eigenvalue weighted by atomic mass is 10.1. The minimum Gasteiger partial charge on any atom is -0.378 e. The van der Waals surface area contributed by atoms with Crippen molar-refractivity contribution in [3.8, 4) is 0 Å². The average Bonchev–Trinajstić information content (AvgIpc) is 3.11. The Morgan fingerprint density at radius 2 is 1.88 bits per heavy atom. The molecule has 1 fully saturated rings. The number of nitrogens with zero attached hydrogens (tertiary/aromatic N) is 1. The van der Waals surface area contributed by atoms with E-state index in [1.165, 1.54) is 36.8 Å². The van der Waals surface area contributed by atoms with E-state index < -0.39 is 0 Å². The summed E-state index contributed by atoms with van der Waals surface area (Å²) in [4.78, 5) is 4.29. The van der Waals surface area contributed by atoms with Gasteiger partial charge in [0.2, 0.25) is 0 Å². The first-order valence-electron chi connectivity index (χ1n) is 8.96. The van der Waals surface area contributed by atoms with Crippen molar-refractivity contribution >= 4 is 29.9 Å². The Morgan fingerprint density at radius 3 is 2.54 bits per heavy atom. The zero-order valence-electron chi connectivity index (χ0n) is 15.0. The number of hydrogen-bond acceptors (Lipinski definition) is 2. The average molecular weight is 445 g/mol. The van der Waals surface area contributed by atoms with Crippen LogP contribution in [0.15, 0.2) is 29.3 Å². The molecule has 1 saturated carbocycles. The molecule has 0 amide bonds. The molecular formula is C19H32IN3O. The van der Waals surface area contributed by atoms with E-state index in [2.05, 4.69) is 46.8 Å². The van der Waals surface area contributed by atoms with Gasteiger partial charge in [-0.15, -0.1) is 24.0 Å². The fourth-order valence-corrected chi connectivity index (χ4v) is 3.06.